The number of hydrogen-bond acceptors (Lipinski definition) is 3. The van der Waals surface area contributed by atoms with E-state index in [0.29, 0.717) is 17.0 Å². The predicted octanol–water partition coefficient (Wildman–Crippen LogP) is 3.53. The van der Waals surface area contributed by atoms with Gasteiger partial charge in [0, 0.05) is 18.4 Å². The summed E-state index contributed by atoms with van der Waals surface area (Å²) in [7, 11) is 0. The number of rotatable bonds is 4. The van der Waals surface area contributed by atoms with E-state index in [9.17, 15) is 13.6 Å². The highest BCUT2D eigenvalue weighted by Crippen LogP contribution is 2.28. The van der Waals surface area contributed by atoms with Crippen molar-refractivity contribution in [2.24, 2.45) is 0 Å². The zero-order valence-corrected chi connectivity index (χ0v) is 10.7. The van der Waals surface area contributed by atoms with Gasteiger partial charge in [0.25, 0.3) is 0 Å². The van der Waals surface area contributed by atoms with Gasteiger partial charge in [-0.15, -0.1) is 11.6 Å². The molecule has 1 N–H and O–H groups in total. The number of amides is 1. The zero-order chi connectivity index (χ0) is 13.1. The zero-order valence-electron chi connectivity index (χ0n) is 9.17. The molecule has 0 spiro atoms. The molecule has 1 aromatic carbocycles. The van der Waals surface area contributed by atoms with Crippen molar-refractivity contribution in [3.8, 4) is 0 Å². The number of carbonyl (C=O) groups is 1. The highest BCUT2D eigenvalue weighted by molar-refractivity contribution is 7.22. The molecule has 18 heavy (non-hydrogen) atoms. The van der Waals surface area contributed by atoms with E-state index >= 15 is 0 Å². The van der Waals surface area contributed by atoms with E-state index in [-0.39, 0.29) is 23.0 Å². The fourth-order valence-electron chi connectivity index (χ4n) is 1.42. The van der Waals surface area contributed by atoms with E-state index in [1.54, 1.807) is 0 Å². The number of anilines is 1. The van der Waals surface area contributed by atoms with Crippen molar-refractivity contribution in [3.05, 3.63) is 23.8 Å². The third-order valence-corrected chi connectivity index (χ3v) is 3.38. The minimum atomic E-state index is -0.734. The lowest BCUT2D eigenvalue weighted by molar-refractivity contribution is -0.116. The van der Waals surface area contributed by atoms with Crippen LogP contribution in [0.25, 0.3) is 10.2 Å². The molecular weight excluding hydrogens is 282 g/mol. The van der Waals surface area contributed by atoms with E-state index in [1.165, 1.54) is 6.07 Å². The van der Waals surface area contributed by atoms with Crippen molar-refractivity contribution in [1.29, 1.82) is 0 Å². The van der Waals surface area contributed by atoms with Gasteiger partial charge in [0.1, 0.15) is 11.3 Å². The molecule has 0 fully saturated rings. The molecule has 7 heteroatoms. The molecule has 96 valence electrons. The van der Waals surface area contributed by atoms with Crippen LogP contribution in [0.4, 0.5) is 13.9 Å². The monoisotopic (exact) mass is 290 g/mol. The molecule has 1 amide bonds. The molecule has 1 heterocycles. The molecule has 0 aliphatic carbocycles. The van der Waals surface area contributed by atoms with Crippen LogP contribution in [0.3, 0.4) is 0 Å². The Morgan fingerprint density at radius 1 is 1.44 bits per heavy atom. The second-order valence-electron chi connectivity index (χ2n) is 3.59. The quantitative estimate of drug-likeness (QED) is 0.875. The van der Waals surface area contributed by atoms with Crippen LogP contribution in [0, 0.1) is 11.6 Å². The highest BCUT2D eigenvalue weighted by Gasteiger charge is 2.12. The van der Waals surface area contributed by atoms with Crippen LogP contribution in [0.1, 0.15) is 12.8 Å². The maximum Gasteiger partial charge on any atom is 0.226 e. The Hall–Kier alpha value is -1.27. The molecule has 0 radical (unpaired) electrons. The van der Waals surface area contributed by atoms with Gasteiger partial charge in [-0.25, -0.2) is 13.8 Å². The molecule has 0 saturated heterocycles. The molecule has 2 aromatic rings. The summed E-state index contributed by atoms with van der Waals surface area (Å²) in [4.78, 5) is 15.3. The van der Waals surface area contributed by atoms with E-state index in [0.717, 1.165) is 17.4 Å². The maximum atomic E-state index is 13.4. The molecule has 0 aliphatic heterocycles. The molecule has 0 aliphatic rings. The fourth-order valence-corrected chi connectivity index (χ4v) is 2.47. The average Bonchev–Trinajstić information content (AvgIpc) is 2.69. The first-order valence-corrected chi connectivity index (χ1v) is 6.56. The molecule has 0 bridgehead atoms. The van der Waals surface area contributed by atoms with Crippen molar-refractivity contribution >= 4 is 44.2 Å². The smallest absolute Gasteiger partial charge is 0.226 e. The fraction of sp³-hybridized carbons (Fsp3) is 0.273. The number of nitrogens with one attached hydrogen (secondary N) is 1. The summed E-state index contributed by atoms with van der Waals surface area (Å²) in [6, 6.07) is 1.95. The van der Waals surface area contributed by atoms with Crippen LogP contribution in [0.2, 0.25) is 0 Å². The van der Waals surface area contributed by atoms with Crippen molar-refractivity contribution in [1.82, 2.24) is 4.98 Å². The Kier molecular flexibility index (Phi) is 4.08. The van der Waals surface area contributed by atoms with Crippen LogP contribution in [0.5, 0.6) is 0 Å². The van der Waals surface area contributed by atoms with Crippen LogP contribution in [0.15, 0.2) is 12.1 Å². The minimum Gasteiger partial charge on any atom is -0.302 e. The van der Waals surface area contributed by atoms with Gasteiger partial charge in [0.05, 0.1) is 4.70 Å². The van der Waals surface area contributed by atoms with Crippen LogP contribution < -0.4 is 5.32 Å². The Morgan fingerprint density at radius 3 is 2.94 bits per heavy atom. The largest absolute Gasteiger partial charge is 0.302 e. The van der Waals surface area contributed by atoms with Crippen molar-refractivity contribution in [2.45, 2.75) is 12.8 Å². The number of carbonyl (C=O) groups excluding carboxylic acids is 1. The summed E-state index contributed by atoms with van der Waals surface area (Å²) in [5.41, 5.74) is 0.0639. The molecule has 0 unspecified atom stereocenters. The number of benzene rings is 1. The number of alkyl halides is 1. The standard InChI is InChI=1S/C11H9ClF2N2OS/c12-3-1-2-9(17)15-11-16-10-7(14)4-6(13)5-8(10)18-11/h4-5H,1-3H2,(H,15,16,17). The van der Waals surface area contributed by atoms with Gasteiger partial charge < -0.3 is 5.32 Å². The highest BCUT2D eigenvalue weighted by atomic mass is 35.5. The second kappa shape index (κ2) is 5.58. The van der Waals surface area contributed by atoms with Gasteiger partial charge in [0.2, 0.25) is 5.91 Å². The van der Waals surface area contributed by atoms with Crippen LogP contribution >= 0.6 is 22.9 Å². The Labute approximate surface area is 111 Å². The van der Waals surface area contributed by atoms with Crippen molar-refractivity contribution < 1.29 is 13.6 Å². The molecule has 0 atom stereocenters. The summed E-state index contributed by atoms with van der Waals surface area (Å²) >= 11 is 6.50. The predicted molar refractivity (Wildman–Crippen MR) is 68.1 cm³/mol. The number of fused-ring (bicyclic) bond motifs is 1. The van der Waals surface area contributed by atoms with Gasteiger partial charge in [-0.3, -0.25) is 4.79 Å². The lowest BCUT2D eigenvalue weighted by Gasteiger charge is -1.98. The SMILES string of the molecule is O=C(CCCCl)Nc1nc2c(F)cc(F)cc2s1. The topological polar surface area (TPSA) is 42.0 Å². The van der Waals surface area contributed by atoms with Gasteiger partial charge in [-0.2, -0.15) is 0 Å². The first-order valence-electron chi connectivity index (χ1n) is 5.21. The van der Waals surface area contributed by atoms with E-state index < -0.39 is 11.6 Å². The normalized spacial score (nSPS) is 10.8. The third kappa shape index (κ3) is 2.94. The number of thiazole rings is 1. The average molecular weight is 291 g/mol. The first-order chi connectivity index (χ1) is 8.60. The molecule has 1 aromatic heterocycles. The number of halogens is 3. The maximum absolute atomic E-state index is 13.4. The van der Waals surface area contributed by atoms with Gasteiger partial charge in [0.15, 0.2) is 10.9 Å². The second-order valence-corrected chi connectivity index (χ2v) is 5.00. The molecule has 3 nitrogen and oxygen atoms in total. The first kappa shape index (κ1) is 13.2. The Morgan fingerprint density at radius 2 is 2.22 bits per heavy atom. The number of nitrogens with zero attached hydrogens (tertiary/aromatic N) is 1. The summed E-state index contributed by atoms with van der Waals surface area (Å²) in [5, 5.41) is 2.79. The van der Waals surface area contributed by atoms with E-state index in [4.69, 9.17) is 11.6 Å². The summed E-state index contributed by atoms with van der Waals surface area (Å²) in [6.07, 6.45) is 0.831. The van der Waals surface area contributed by atoms with Gasteiger partial charge >= 0.3 is 0 Å². The molecule has 2 rings (SSSR count). The molecular formula is C11H9ClF2N2OS. The van der Waals surface area contributed by atoms with E-state index in [2.05, 4.69) is 10.3 Å². The Bertz CT molecular complexity index is 588. The number of hydrogen-bond donors (Lipinski definition) is 1. The summed E-state index contributed by atoms with van der Waals surface area (Å²) in [5.74, 6) is -1.24. The van der Waals surface area contributed by atoms with Crippen molar-refractivity contribution in [2.75, 3.05) is 11.2 Å². The summed E-state index contributed by atoms with van der Waals surface area (Å²) < 4.78 is 26.7. The third-order valence-electron chi connectivity index (χ3n) is 2.20. The minimum absolute atomic E-state index is 0.0639. The lowest BCUT2D eigenvalue weighted by Crippen LogP contribution is -2.10. The summed E-state index contributed by atoms with van der Waals surface area (Å²) in [6.45, 7) is 0. The van der Waals surface area contributed by atoms with Gasteiger partial charge in [-0.05, 0) is 12.5 Å². The Balaban J connectivity index is 2.20. The van der Waals surface area contributed by atoms with Gasteiger partial charge in [-0.1, -0.05) is 11.3 Å². The van der Waals surface area contributed by atoms with E-state index in [1.807, 2.05) is 0 Å². The van der Waals surface area contributed by atoms with Crippen molar-refractivity contribution in [3.63, 3.8) is 0 Å². The lowest BCUT2D eigenvalue weighted by atomic mass is 10.3. The molecule has 0 saturated carbocycles. The van der Waals surface area contributed by atoms with Crippen LogP contribution in [-0.4, -0.2) is 16.8 Å². The number of aromatic nitrogens is 1. The van der Waals surface area contributed by atoms with Crippen LogP contribution in [-0.2, 0) is 4.79 Å².